The summed E-state index contributed by atoms with van der Waals surface area (Å²) in [6.07, 6.45) is 11.8. The van der Waals surface area contributed by atoms with E-state index >= 15 is 0 Å². The average molecular weight is 223 g/mol. The minimum Gasteiger partial charge on any atom is -0.316 e. The highest BCUT2D eigenvalue weighted by molar-refractivity contribution is 4.97. The molecule has 0 aromatic heterocycles. The summed E-state index contributed by atoms with van der Waals surface area (Å²) >= 11 is 0. The quantitative estimate of drug-likeness (QED) is 0.718. The van der Waals surface area contributed by atoms with Crippen molar-refractivity contribution < 1.29 is 0 Å². The van der Waals surface area contributed by atoms with Crippen LogP contribution in [0.25, 0.3) is 0 Å². The molecule has 1 nitrogen and oxygen atoms in total. The molecule has 1 atom stereocenters. The van der Waals surface area contributed by atoms with Gasteiger partial charge in [0, 0.05) is 6.04 Å². The summed E-state index contributed by atoms with van der Waals surface area (Å²) in [6.45, 7) is 4.79. The maximum atomic E-state index is 3.66. The van der Waals surface area contributed by atoms with Gasteiger partial charge in [-0.25, -0.2) is 0 Å². The Labute approximate surface area is 101 Å². The zero-order valence-corrected chi connectivity index (χ0v) is 11.4. The Morgan fingerprint density at radius 3 is 2.25 bits per heavy atom. The lowest BCUT2D eigenvalue weighted by Crippen LogP contribution is -2.43. The molecule has 2 saturated carbocycles. The first-order valence-electron chi connectivity index (χ1n) is 7.33. The molecule has 94 valence electrons. The van der Waals surface area contributed by atoms with Gasteiger partial charge in [-0.15, -0.1) is 0 Å². The van der Waals surface area contributed by atoms with Gasteiger partial charge in [0.1, 0.15) is 0 Å². The van der Waals surface area contributed by atoms with Crippen molar-refractivity contribution in [3.63, 3.8) is 0 Å². The summed E-state index contributed by atoms with van der Waals surface area (Å²) in [4.78, 5) is 0. The van der Waals surface area contributed by atoms with Crippen LogP contribution in [0.5, 0.6) is 0 Å². The van der Waals surface area contributed by atoms with Crippen LogP contribution in [0.1, 0.15) is 65.2 Å². The maximum Gasteiger partial charge on any atom is 0.0123 e. The zero-order valence-electron chi connectivity index (χ0n) is 11.4. The Morgan fingerprint density at radius 1 is 1.19 bits per heavy atom. The number of nitrogens with one attached hydrogen (secondary N) is 1. The van der Waals surface area contributed by atoms with E-state index in [4.69, 9.17) is 0 Å². The molecule has 2 fully saturated rings. The molecule has 0 aromatic rings. The van der Waals surface area contributed by atoms with Gasteiger partial charge in [0.15, 0.2) is 0 Å². The van der Waals surface area contributed by atoms with Gasteiger partial charge in [-0.1, -0.05) is 39.5 Å². The third-order valence-electron chi connectivity index (χ3n) is 4.77. The maximum absolute atomic E-state index is 3.66. The lowest BCUT2D eigenvalue weighted by atomic mass is 9.71. The average Bonchev–Trinajstić information content (AvgIpc) is 2.94. The highest BCUT2D eigenvalue weighted by Crippen LogP contribution is 2.49. The first-order chi connectivity index (χ1) is 7.66. The van der Waals surface area contributed by atoms with Crippen LogP contribution >= 0.6 is 0 Å². The molecule has 16 heavy (non-hydrogen) atoms. The first-order valence-corrected chi connectivity index (χ1v) is 7.33. The van der Waals surface area contributed by atoms with Gasteiger partial charge in [-0.2, -0.15) is 0 Å². The highest BCUT2D eigenvalue weighted by atomic mass is 14.9. The van der Waals surface area contributed by atoms with E-state index in [1.165, 1.54) is 51.4 Å². The monoisotopic (exact) mass is 223 g/mol. The molecule has 0 aromatic carbocycles. The highest BCUT2D eigenvalue weighted by Gasteiger charge is 2.42. The van der Waals surface area contributed by atoms with Crippen molar-refractivity contribution in [2.75, 3.05) is 7.05 Å². The van der Waals surface area contributed by atoms with E-state index in [-0.39, 0.29) is 0 Å². The molecule has 0 spiro atoms. The molecule has 0 heterocycles. The van der Waals surface area contributed by atoms with Crippen molar-refractivity contribution >= 4 is 0 Å². The third-order valence-corrected chi connectivity index (χ3v) is 4.77. The first kappa shape index (κ1) is 12.4. The van der Waals surface area contributed by atoms with Gasteiger partial charge < -0.3 is 5.32 Å². The van der Waals surface area contributed by atoms with Gasteiger partial charge in [0.05, 0.1) is 0 Å². The Balaban J connectivity index is 2.02. The molecule has 2 aliphatic rings. The molecule has 0 radical (unpaired) electrons. The third kappa shape index (κ3) is 2.80. The summed E-state index contributed by atoms with van der Waals surface area (Å²) < 4.78 is 0. The number of hydrogen-bond acceptors (Lipinski definition) is 1. The second-order valence-corrected chi connectivity index (χ2v) is 6.69. The number of hydrogen-bond donors (Lipinski definition) is 1. The molecule has 0 aliphatic heterocycles. The molecule has 0 bridgehead atoms. The minimum absolute atomic E-state index is 0.644. The smallest absolute Gasteiger partial charge is 0.0123 e. The lowest BCUT2D eigenvalue weighted by molar-refractivity contribution is 0.149. The van der Waals surface area contributed by atoms with Crippen LogP contribution in [0, 0.1) is 17.3 Å². The summed E-state index contributed by atoms with van der Waals surface area (Å²) in [5.74, 6) is 1.91. The van der Waals surface area contributed by atoms with Gasteiger partial charge >= 0.3 is 0 Å². The van der Waals surface area contributed by atoms with E-state index in [1.54, 1.807) is 0 Å². The van der Waals surface area contributed by atoms with Crippen molar-refractivity contribution in [2.45, 2.75) is 71.3 Å². The van der Waals surface area contributed by atoms with E-state index in [0.29, 0.717) is 5.41 Å². The van der Waals surface area contributed by atoms with E-state index in [9.17, 15) is 0 Å². The summed E-state index contributed by atoms with van der Waals surface area (Å²) in [5.41, 5.74) is 0.644. The Kier molecular flexibility index (Phi) is 3.94. The standard InChI is InChI=1S/C15H29N/c1-12(2)11-15(8-4-5-9-15)14(16-3)10-13-6-7-13/h12-14,16H,4-11H2,1-3H3. The van der Waals surface area contributed by atoms with E-state index in [2.05, 4.69) is 26.2 Å². The Morgan fingerprint density at radius 2 is 1.81 bits per heavy atom. The molecule has 2 rings (SSSR count). The molecule has 1 heteroatoms. The van der Waals surface area contributed by atoms with Crippen molar-refractivity contribution in [2.24, 2.45) is 17.3 Å². The molecule has 0 saturated heterocycles. The predicted molar refractivity (Wildman–Crippen MR) is 70.5 cm³/mol. The van der Waals surface area contributed by atoms with Crippen LogP contribution < -0.4 is 5.32 Å². The van der Waals surface area contributed by atoms with Crippen molar-refractivity contribution in [1.82, 2.24) is 5.32 Å². The minimum atomic E-state index is 0.644. The fourth-order valence-electron chi connectivity index (χ4n) is 3.95. The summed E-state index contributed by atoms with van der Waals surface area (Å²) in [5, 5.41) is 3.66. The van der Waals surface area contributed by atoms with Crippen molar-refractivity contribution in [3.8, 4) is 0 Å². The summed E-state index contributed by atoms with van der Waals surface area (Å²) in [6, 6.07) is 0.796. The topological polar surface area (TPSA) is 12.0 Å². The second kappa shape index (κ2) is 5.08. The van der Waals surface area contributed by atoms with E-state index in [1.807, 2.05) is 0 Å². The van der Waals surface area contributed by atoms with Crippen molar-refractivity contribution in [1.29, 1.82) is 0 Å². The van der Waals surface area contributed by atoms with Gasteiger partial charge in [-0.05, 0) is 50.0 Å². The van der Waals surface area contributed by atoms with E-state index < -0.39 is 0 Å². The molecule has 1 unspecified atom stereocenters. The SMILES string of the molecule is CNC(CC1CC1)C1(CC(C)C)CCCC1. The second-order valence-electron chi connectivity index (χ2n) is 6.69. The molecule has 0 amide bonds. The molecular formula is C15H29N. The fraction of sp³-hybridized carbons (Fsp3) is 1.00. The van der Waals surface area contributed by atoms with E-state index in [0.717, 1.165) is 17.9 Å². The molecule has 2 aliphatic carbocycles. The van der Waals surface area contributed by atoms with Crippen LogP contribution in [0.15, 0.2) is 0 Å². The van der Waals surface area contributed by atoms with Gasteiger partial charge in [0.25, 0.3) is 0 Å². The van der Waals surface area contributed by atoms with Crippen LogP contribution in [0.2, 0.25) is 0 Å². The van der Waals surface area contributed by atoms with Crippen LogP contribution in [0.3, 0.4) is 0 Å². The van der Waals surface area contributed by atoms with Crippen LogP contribution in [-0.4, -0.2) is 13.1 Å². The summed E-state index contributed by atoms with van der Waals surface area (Å²) in [7, 11) is 2.19. The Hall–Kier alpha value is -0.0400. The Bertz CT molecular complexity index is 211. The lowest BCUT2D eigenvalue weighted by Gasteiger charge is -2.39. The van der Waals surface area contributed by atoms with Gasteiger partial charge in [-0.3, -0.25) is 0 Å². The van der Waals surface area contributed by atoms with Crippen LogP contribution in [-0.2, 0) is 0 Å². The van der Waals surface area contributed by atoms with Crippen LogP contribution in [0.4, 0.5) is 0 Å². The zero-order chi connectivity index (χ0) is 11.6. The number of rotatable bonds is 6. The normalized spacial score (nSPS) is 26.2. The predicted octanol–water partition coefficient (Wildman–Crippen LogP) is 3.98. The largest absolute Gasteiger partial charge is 0.316 e. The van der Waals surface area contributed by atoms with Gasteiger partial charge in [0.2, 0.25) is 0 Å². The van der Waals surface area contributed by atoms with Crippen molar-refractivity contribution in [3.05, 3.63) is 0 Å². The molecular weight excluding hydrogens is 194 g/mol. The molecule has 1 N–H and O–H groups in total. The fourth-order valence-corrected chi connectivity index (χ4v) is 3.95.